The maximum atomic E-state index is 9.86. The highest BCUT2D eigenvalue weighted by atomic mass is 14.5. The Morgan fingerprint density at radius 3 is 2.54 bits per heavy atom. The highest BCUT2D eigenvalue weighted by molar-refractivity contribution is 5.83. The Labute approximate surface area is 144 Å². The van der Waals surface area contributed by atoms with Gasteiger partial charge in [0.2, 0.25) is 0 Å². The molecule has 3 rings (SSSR count). The van der Waals surface area contributed by atoms with Gasteiger partial charge in [-0.25, -0.2) is 0 Å². The number of nitriles is 2. The maximum absolute atomic E-state index is 9.86. The molecule has 2 nitrogen and oxygen atoms in total. The minimum atomic E-state index is -0.976. The average molecular weight is 314 g/mol. The fourth-order valence-electron chi connectivity index (χ4n) is 3.64. The predicted octanol–water partition coefficient (Wildman–Crippen LogP) is 5.55. The van der Waals surface area contributed by atoms with Gasteiger partial charge < -0.3 is 0 Å². The molecule has 1 atom stereocenters. The number of allylic oxidation sites excluding steroid dienone is 2. The van der Waals surface area contributed by atoms with E-state index in [1.807, 2.05) is 12.1 Å². The number of hydrogen-bond donors (Lipinski definition) is 0. The fraction of sp³-hybridized carbons (Fsp3) is 0.364. The molecule has 24 heavy (non-hydrogen) atoms. The third kappa shape index (κ3) is 3.34. The standard InChI is InChI=1S/C22H22N2/c23-16-22(17-24,21-10-4-2-1-3-5-11-21)15-18-12-13-19-8-6-7-9-20(19)14-18/h4,6-10,12-14,21H,1-3,5,11,15H2/b10-4-. The van der Waals surface area contributed by atoms with Crippen molar-refractivity contribution in [2.45, 2.75) is 38.5 Å². The zero-order valence-corrected chi connectivity index (χ0v) is 13.9. The van der Waals surface area contributed by atoms with E-state index in [9.17, 15) is 10.5 Å². The van der Waals surface area contributed by atoms with Crippen molar-refractivity contribution in [1.82, 2.24) is 0 Å². The van der Waals surface area contributed by atoms with Crippen LogP contribution in [0.2, 0.25) is 0 Å². The van der Waals surface area contributed by atoms with E-state index >= 15 is 0 Å². The van der Waals surface area contributed by atoms with Crippen molar-refractivity contribution in [3.8, 4) is 12.1 Å². The van der Waals surface area contributed by atoms with Crippen molar-refractivity contribution < 1.29 is 0 Å². The largest absolute Gasteiger partial charge is 0.197 e. The van der Waals surface area contributed by atoms with Gasteiger partial charge in [0.15, 0.2) is 5.41 Å². The summed E-state index contributed by atoms with van der Waals surface area (Å²) in [7, 11) is 0. The van der Waals surface area contributed by atoms with Gasteiger partial charge in [0.1, 0.15) is 0 Å². The van der Waals surface area contributed by atoms with Crippen LogP contribution < -0.4 is 0 Å². The summed E-state index contributed by atoms with van der Waals surface area (Å²) in [5.41, 5.74) is 0.0864. The van der Waals surface area contributed by atoms with Gasteiger partial charge in [-0.15, -0.1) is 0 Å². The average Bonchev–Trinajstić information content (AvgIpc) is 2.60. The van der Waals surface area contributed by atoms with Crippen LogP contribution >= 0.6 is 0 Å². The highest BCUT2D eigenvalue weighted by Crippen LogP contribution is 2.37. The lowest BCUT2D eigenvalue weighted by atomic mass is 9.70. The molecule has 0 saturated carbocycles. The van der Waals surface area contributed by atoms with Gasteiger partial charge in [0, 0.05) is 12.3 Å². The van der Waals surface area contributed by atoms with Gasteiger partial charge in [-0.1, -0.05) is 67.5 Å². The topological polar surface area (TPSA) is 47.6 Å². The second kappa shape index (κ2) is 7.33. The molecule has 0 aliphatic heterocycles. The van der Waals surface area contributed by atoms with Crippen LogP contribution in [0, 0.1) is 34.0 Å². The summed E-state index contributed by atoms with van der Waals surface area (Å²) in [5, 5.41) is 22.1. The summed E-state index contributed by atoms with van der Waals surface area (Å²) < 4.78 is 0. The number of rotatable bonds is 3. The molecule has 0 spiro atoms. The van der Waals surface area contributed by atoms with Gasteiger partial charge in [-0.05, 0) is 35.6 Å². The van der Waals surface area contributed by atoms with Crippen LogP contribution in [0.3, 0.4) is 0 Å². The van der Waals surface area contributed by atoms with Crippen molar-refractivity contribution in [1.29, 1.82) is 10.5 Å². The van der Waals surface area contributed by atoms with Crippen LogP contribution in [0.4, 0.5) is 0 Å². The molecule has 0 bridgehead atoms. The van der Waals surface area contributed by atoms with Crippen LogP contribution in [-0.2, 0) is 6.42 Å². The number of nitrogens with zero attached hydrogens (tertiary/aromatic N) is 2. The monoisotopic (exact) mass is 314 g/mol. The lowest BCUT2D eigenvalue weighted by Crippen LogP contribution is -2.29. The second-order valence-corrected chi connectivity index (χ2v) is 6.73. The first-order valence-electron chi connectivity index (χ1n) is 8.74. The third-order valence-corrected chi connectivity index (χ3v) is 5.08. The van der Waals surface area contributed by atoms with Gasteiger partial charge >= 0.3 is 0 Å². The van der Waals surface area contributed by atoms with Crippen molar-refractivity contribution >= 4 is 10.8 Å². The molecule has 0 N–H and O–H groups in total. The van der Waals surface area contributed by atoms with Gasteiger partial charge in [-0.2, -0.15) is 10.5 Å². The molecule has 0 aromatic heterocycles. The molecule has 0 fully saturated rings. The minimum Gasteiger partial charge on any atom is -0.197 e. The first-order valence-corrected chi connectivity index (χ1v) is 8.74. The molecule has 2 aromatic rings. The Balaban J connectivity index is 1.93. The number of hydrogen-bond acceptors (Lipinski definition) is 2. The van der Waals surface area contributed by atoms with Crippen molar-refractivity contribution in [2.75, 3.05) is 0 Å². The van der Waals surface area contributed by atoms with E-state index in [0.29, 0.717) is 6.42 Å². The first kappa shape index (κ1) is 16.3. The summed E-state index contributed by atoms with van der Waals surface area (Å²) in [6, 6.07) is 19.2. The Hall–Kier alpha value is -2.58. The van der Waals surface area contributed by atoms with Gasteiger partial charge in [-0.3, -0.25) is 0 Å². The molecule has 0 radical (unpaired) electrons. The van der Waals surface area contributed by atoms with Crippen LogP contribution in [0.1, 0.15) is 37.7 Å². The molecule has 0 saturated heterocycles. The summed E-state index contributed by atoms with van der Waals surface area (Å²) in [5.74, 6) is 0.0132. The Bertz CT molecular complexity index is 806. The minimum absolute atomic E-state index is 0.0132. The molecular formula is C22H22N2. The van der Waals surface area contributed by atoms with Gasteiger partial charge in [0.25, 0.3) is 0 Å². The summed E-state index contributed by atoms with van der Waals surface area (Å²) in [6.45, 7) is 0. The van der Waals surface area contributed by atoms with E-state index in [-0.39, 0.29) is 5.92 Å². The van der Waals surface area contributed by atoms with Crippen LogP contribution in [0.5, 0.6) is 0 Å². The first-order chi connectivity index (χ1) is 11.8. The van der Waals surface area contributed by atoms with Crippen molar-refractivity contribution in [2.24, 2.45) is 11.3 Å². The molecule has 1 aliphatic carbocycles. The molecule has 120 valence electrons. The molecular weight excluding hydrogens is 292 g/mol. The molecule has 0 heterocycles. The lowest BCUT2D eigenvalue weighted by molar-refractivity contribution is 0.340. The summed E-state index contributed by atoms with van der Waals surface area (Å²) >= 11 is 0. The van der Waals surface area contributed by atoms with E-state index in [1.54, 1.807) is 0 Å². The maximum Gasteiger partial charge on any atom is 0.154 e. The van der Waals surface area contributed by atoms with E-state index in [4.69, 9.17) is 0 Å². The van der Waals surface area contributed by atoms with Crippen molar-refractivity contribution in [3.05, 3.63) is 60.2 Å². The van der Waals surface area contributed by atoms with E-state index < -0.39 is 5.41 Å². The Morgan fingerprint density at radius 2 is 1.75 bits per heavy atom. The second-order valence-electron chi connectivity index (χ2n) is 6.73. The molecule has 1 unspecified atom stereocenters. The smallest absolute Gasteiger partial charge is 0.154 e. The lowest BCUT2D eigenvalue weighted by Gasteiger charge is -2.28. The Kier molecular flexibility index (Phi) is 4.97. The molecule has 2 aromatic carbocycles. The Morgan fingerprint density at radius 1 is 0.958 bits per heavy atom. The SMILES string of the molecule is N#CC(C#N)(Cc1ccc2ccccc2c1)C1/C=C\CCCCC1. The normalized spacial score (nSPS) is 19.7. The zero-order chi connectivity index (χ0) is 16.8. The quantitative estimate of drug-likeness (QED) is 0.697. The number of benzene rings is 2. The predicted molar refractivity (Wildman–Crippen MR) is 97.0 cm³/mol. The van der Waals surface area contributed by atoms with Crippen LogP contribution in [-0.4, -0.2) is 0 Å². The number of fused-ring (bicyclic) bond motifs is 1. The summed E-state index contributed by atoms with van der Waals surface area (Å²) in [6.07, 6.45) is 10.2. The van der Waals surface area contributed by atoms with E-state index in [0.717, 1.165) is 30.2 Å². The van der Waals surface area contributed by atoms with Crippen LogP contribution in [0.25, 0.3) is 10.8 Å². The van der Waals surface area contributed by atoms with Crippen molar-refractivity contribution in [3.63, 3.8) is 0 Å². The van der Waals surface area contributed by atoms with E-state index in [2.05, 4.69) is 54.6 Å². The summed E-state index contributed by atoms with van der Waals surface area (Å²) in [4.78, 5) is 0. The van der Waals surface area contributed by atoms with Gasteiger partial charge in [0.05, 0.1) is 12.1 Å². The van der Waals surface area contributed by atoms with Crippen LogP contribution in [0.15, 0.2) is 54.6 Å². The molecule has 1 aliphatic rings. The molecule has 0 amide bonds. The highest BCUT2D eigenvalue weighted by Gasteiger charge is 2.38. The zero-order valence-electron chi connectivity index (χ0n) is 13.9. The van der Waals surface area contributed by atoms with E-state index in [1.165, 1.54) is 18.2 Å². The third-order valence-electron chi connectivity index (χ3n) is 5.08. The molecule has 2 heteroatoms. The fourth-order valence-corrected chi connectivity index (χ4v) is 3.64.